The lowest BCUT2D eigenvalue weighted by Crippen LogP contribution is -2.12. The Balaban J connectivity index is 2.32. The minimum absolute atomic E-state index is 0.203. The van der Waals surface area contributed by atoms with E-state index in [0.717, 1.165) is 22.1 Å². The smallest absolute Gasteiger partial charge is 0.268 e. The van der Waals surface area contributed by atoms with Crippen molar-refractivity contribution in [1.29, 1.82) is 0 Å². The highest BCUT2D eigenvalue weighted by molar-refractivity contribution is 7.90. The Morgan fingerprint density at radius 1 is 1.18 bits per heavy atom. The van der Waals surface area contributed by atoms with Crippen LogP contribution in [0.4, 0.5) is 0 Å². The van der Waals surface area contributed by atoms with E-state index in [1.807, 2.05) is 20.8 Å². The van der Waals surface area contributed by atoms with Gasteiger partial charge in [-0.15, -0.1) is 0 Å². The molecule has 1 N–H and O–H groups in total. The molecule has 0 saturated heterocycles. The number of rotatable bonds is 6. The van der Waals surface area contributed by atoms with E-state index in [4.69, 9.17) is 4.74 Å². The number of benzene rings is 2. The van der Waals surface area contributed by atoms with E-state index in [1.165, 1.54) is 3.97 Å². The topological polar surface area (TPSA) is 68.5 Å². The predicted molar refractivity (Wildman–Crippen MR) is 111 cm³/mol. The van der Waals surface area contributed by atoms with Crippen LogP contribution in [0.15, 0.2) is 59.1 Å². The number of aliphatic hydroxyl groups is 1. The molecule has 28 heavy (non-hydrogen) atoms. The van der Waals surface area contributed by atoms with Crippen molar-refractivity contribution in [2.24, 2.45) is 0 Å². The molecule has 0 fully saturated rings. The number of ether oxygens (including phenoxy) is 1. The molecule has 1 aromatic heterocycles. The summed E-state index contributed by atoms with van der Waals surface area (Å²) >= 11 is 0. The Labute approximate surface area is 165 Å². The molecule has 5 nitrogen and oxygen atoms in total. The number of aryl methyl sites for hydroxylation is 1. The van der Waals surface area contributed by atoms with Gasteiger partial charge in [0.1, 0.15) is 5.75 Å². The maximum Gasteiger partial charge on any atom is 0.268 e. The average Bonchev–Trinajstić information content (AvgIpc) is 3.05. The third kappa shape index (κ3) is 3.70. The van der Waals surface area contributed by atoms with Crippen LogP contribution in [0.5, 0.6) is 5.75 Å². The van der Waals surface area contributed by atoms with Gasteiger partial charge in [0, 0.05) is 11.6 Å². The lowest BCUT2D eigenvalue weighted by molar-refractivity contribution is 0.281. The summed E-state index contributed by atoms with van der Waals surface area (Å²) in [5.74, 6) is 0.552. The second-order valence-corrected chi connectivity index (χ2v) is 8.92. The first-order chi connectivity index (χ1) is 13.3. The van der Waals surface area contributed by atoms with Crippen molar-refractivity contribution in [2.45, 2.75) is 38.7 Å². The van der Waals surface area contributed by atoms with E-state index in [1.54, 1.807) is 49.7 Å². The van der Waals surface area contributed by atoms with Crippen molar-refractivity contribution < 1.29 is 18.3 Å². The first-order valence-corrected chi connectivity index (χ1v) is 10.5. The van der Waals surface area contributed by atoms with Gasteiger partial charge in [-0.05, 0) is 62.6 Å². The van der Waals surface area contributed by atoms with Crippen molar-refractivity contribution in [1.82, 2.24) is 3.97 Å². The van der Waals surface area contributed by atoms with Crippen LogP contribution in [0.25, 0.3) is 10.9 Å². The fraction of sp³-hybridized carbons (Fsp3) is 0.273. The van der Waals surface area contributed by atoms with E-state index in [-0.39, 0.29) is 11.5 Å². The molecular weight excluding hydrogens is 374 g/mol. The number of aromatic nitrogens is 1. The van der Waals surface area contributed by atoms with Crippen molar-refractivity contribution in [3.05, 3.63) is 70.9 Å². The minimum atomic E-state index is -3.79. The summed E-state index contributed by atoms with van der Waals surface area (Å²) < 4.78 is 33.5. The van der Waals surface area contributed by atoms with Crippen LogP contribution in [0.2, 0.25) is 0 Å². The molecule has 0 amide bonds. The first kappa shape index (κ1) is 20.2. The maximum absolute atomic E-state index is 13.4. The number of allylic oxidation sites excluding steroid dienone is 2. The number of hydrogen-bond acceptors (Lipinski definition) is 4. The van der Waals surface area contributed by atoms with Gasteiger partial charge in [0.05, 0.1) is 24.1 Å². The summed E-state index contributed by atoms with van der Waals surface area (Å²) in [4.78, 5) is 0.220. The van der Waals surface area contributed by atoms with Crippen LogP contribution < -0.4 is 4.74 Å². The molecule has 1 heterocycles. The van der Waals surface area contributed by atoms with Crippen molar-refractivity contribution in [3.63, 3.8) is 0 Å². The number of hydrogen-bond donors (Lipinski definition) is 1. The normalized spacial score (nSPS) is 11.6. The molecule has 0 aliphatic heterocycles. The van der Waals surface area contributed by atoms with Crippen molar-refractivity contribution >= 4 is 20.9 Å². The van der Waals surface area contributed by atoms with Crippen LogP contribution >= 0.6 is 0 Å². The summed E-state index contributed by atoms with van der Waals surface area (Å²) in [6.45, 7) is 5.72. The molecule has 0 bridgehead atoms. The van der Waals surface area contributed by atoms with Gasteiger partial charge in [-0.25, -0.2) is 12.4 Å². The molecule has 3 rings (SSSR count). The van der Waals surface area contributed by atoms with Gasteiger partial charge < -0.3 is 9.84 Å². The van der Waals surface area contributed by atoms with Gasteiger partial charge in [0.2, 0.25) is 0 Å². The quantitative estimate of drug-likeness (QED) is 0.631. The van der Waals surface area contributed by atoms with Gasteiger partial charge in [0.25, 0.3) is 10.0 Å². The van der Waals surface area contributed by atoms with Crippen LogP contribution in [0.3, 0.4) is 0 Å². The highest BCUT2D eigenvalue weighted by Gasteiger charge is 2.23. The average molecular weight is 400 g/mol. The first-order valence-electron chi connectivity index (χ1n) is 9.05. The van der Waals surface area contributed by atoms with Gasteiger partial charge in [-0.1, -0.05) is 29.3 Å². The third-order valence-corrected chi connectivity index (χ3v) is 6.37. The zero-order valence-electron chi connectivity index (χ0n) is 16.6. The van der Waals surface area contributed by atoms with Crippen LogP contribution in [-0.2, 0) is 23.1 Å². The Morgan fingerprint density at radius 2 is 1.86 bits per heavy atom. The summed E-state index contributed by atoms with van der Waals surface area (Å²) in [7, 11) is -2.24. The van der Waals surface area contributed by atoms with E-state index < -0.39 is 10.0 Å². The zero-order chi connectivity index (χ0) is 20.5. The maximum atomic E-state index is 13.4. The molecular formula is C22H25NO4S. The second kappa shape index (κ2) is 7.81. The Bertz CT molecular complexity index is 1140. The molecule has 0 radical (unpaired) electrons. The van der Waals surface area contributed by atoms with Gasteiger partial charge in [0.15, 0.2) is 0 Å². The summed E-state index contributed by atoms with van der Waals surface area (Å²) in [5.41, 5.74) is 4.09. The number of aliphatic hydroxyl groups excluding tert-OH is 1. The largest absolute Gasteiger partial charge is 0.496 e. The lowest BCUT2D eigenvalue weighted by Gasteiger charge is -2.10. The van der Waals surface area contributed by atoms with E-state index in [9.17, 15) is 13.5 Å². The molecule has 0 spiro atoms. The molecule has 0 saturated carbocycles. The Hall–Kier alpha value is -2.57. The number of methoxy groups -OCH3 is 1. The Kier molecular flexibility index (Phi) is 5.63. The lowest BCUT2D eigenvalue weighted by atomic mass is 10.1. The summed E-state index contributed by atoms with van der Waals surface area (Å²) in [5, 5.41) is 10.4. The van der Waals surface area contributed by atoms with Crippen LogP contribution in [-0.4, -0.2) is 24.6 Å². The van der Waals surface area contributed by atoms with E-state index in [2.05, 4.69) is 6.08 Å². The number of nitrogens with zero attached hydrogens (tertiary/aromatic N) is 1. The molecule has 0 aliphatic carbocycles. The molecule has 3 aromatic rings. The van der Waals surface area contributed by atoms with Crippen molar-refractivity contribution in [3.8, 4) is 5.75 Å². The predicted octanol–water partition coefficient (Wildman–Crippen LogP) is 4.20. The molecule has 6 heteroatoms. The third-order valence-electron chi connectivity index (χ3n) is 4.68. The molecule has 0 aliphatic rings. The summed E-state index contributed by atoms with van der Waals surface area (Å²) in [6, 6.07) is 10.2. The van der Waals surface area contributed by atoms with E-state index >= 15 is 0 Å². The van der Waals surface area contributed by atoms with Crippen LogP contribution in [0.1, 0.15) is 30.5 Å². The highest BCUT2D eigenvalue weighted by atomic mass is 32.2. The highest BCUT2D eigenvalue weighted by Crippen LogP contribution is 2.35. The molecule has 0 unspecified atom stereocenters. The van der Waals surface area contributed by atoms with Gasteiger partial charge in [-0.2, -0.15) is 0 Å². The standard InChI is InChI=1S/C22H25NO4S/c1-15(2)5-8-18-13-23(28(25,26)19-9-6-16(3)7-10-19)20-11-17(14-24)12-21(27-4)22(18)20/h5-7,9-13,24H,8,14H2,1-4H3. The Morgan fingerprint density at radius 3 is 2.43 bits per heavy atom. The minimum Gasteiger partial charge on any atom is -0.496 e. The zero-order valence-corrected chi connectivity index (χ0v) is 17.4. The van der Waals surface area contributed by atoms with Gasteiger partial charge in [-0.3, -0.25) is 0 Å². The van der Waals surface area contributed by atoms with E-state index in [0.29, 0.717) is 23.3 Å². The molecule has 0 atom stereocenters. The summed E-state index contributed by atoms with van der Waals surface area (Å²) in [6.07, 6.45) is 4.30. The second-order valence-electron chi connectivity index (χ2n) is 7.10. The molecule has 148 valence electrons. The SMILES string of the molecule is COc1cc(CO)cc2c1c(CC=C(C)C)cn2S(=O)(=O)c1ccc(C)cc1. The van der Waals surface area contributed by atoms with Gasteiger partial charge >= 0.3 is 0 Å². The fourth-order valence-electron chi connectivity index (χ4n) is 3.17. The van der Waals surface area contributed by atoms with Crippen LogP contribution in [0, 0.1) is 6.92 Å². The molecule has 2 aromatic carbocycles. The van der Waals surface area contributed by atoms with Crippen molar-refractivity contribution in [2.75, 3.05) is 7.11 Å². The monoisotopic (exact) mass is 399 g/mol. The fourth-order valence-corrected chi connectivity index (χ4v) is 4.55. The number of fused-ring (bicyclic) bond motifs is 1.